The molecule has 2 heterocycles. The highest BCUT2D eigenvalue weighted by molar-refractivity contribution is 5.66. The van der Waals surface area contributed by atoms with Crippen molar-refractivity contribution in [3.8, 4) is 0 Å². The van der Waals surface area contributed by atoms with Crippen LogP contribution in [0.3, 0.4) is 0 Å². The molecule has 2 rings (SSSR count). The second kappa shape index (κ2) is 7.22. The molecule has 2 aliphatic rings. The van der Waals surface area contributed by atoms with Gasteiger partial charge in [0.25, 0.3) is 0 Å². The first-order valence-corrected chi connectivity index (χ1v) is 7.61. The fourth-order valence-corrected chi connectivity index (χ4v) is 2.97. The van der Waals surface area contributed by atoms with Crippen LogP contribution in [0, 0.1) is 0 Å². The summed E-state index contributed by atoms with van der Waals surface area (Å²) in [5, 5.41) is 0. The van der Waals surface area contributed by atoms with Crippen LogP contribution in [0.5, 0.6) is 0 Å². The normalized spacial score (nSPS) is 28.1. The molecular weight excluding hydrogens is 276 g/mol. The van der Waals surface area contributed by atoms with E-state index in [2.05, 4.69) is 0 Å². The molecule has 21 heavy (non-hydrogen) atoms. The summed E-state index contributed by atoms with van der Waals surface area (Å²) in [6.07, 6.45) is 5.13. The average Bonchev–Trinajstić information content (AvgIpc) is 2.43. The number of esters is 2. The van der Waals surface area contributed by atoms with E-state index < -0.39 is 5.79 Å². The Bertz CT molecular complexity index is 344. The molecule has 0 unspecified atom stereocenters. The summed E-state index contributed by atoms with van der Waals surface area (Å²) >= 11 is 0. The molecule has 0 aromatic carbocycles. The third-order valence-electron chi connectivity index (χ3n) is 3.88. The van der Waals surface area contributed by atoms with Gasteiger partial charge in [0.1, 0.15) is 13.2 Å². The first kappa shape index (κ1) is 16.2. The Morgan fingerprint density at radius 1 is 0.952 bits per heavy atom. The first-order chi connectivity index (χ1) is 9.99. The lowest BCUT2D eigenvalue weighted by molar-refractivity contribution is -0.321. The van der Waals surface area contributed by atoms with E-state index in [9.17, 15) is 9.59 Å². The highest BCUT2D eigenvalue weighted by Crippen LogP contribution is 2.39. The molecule has 0 aromatic heterocycles. The van der Waals surface area contributed by atoms with Crippen LogP contribution in [-0.2, 0) is 28.5 Å². The number of hydrogen-bond acceptors (Lipinski definition) is 6. The maximum atomic E-state index is 10.9. The Balaban J connectivity index is 1.87. The molecule has 120 valence electrons. The lowest BCUT2D eigenvalue weighted by Gasteiger charge is -2.45. The molecule has 0 radical (unpaired) electrons. The number of rotatable bonds is 4. The van der Waals surface area contributed by atoms with Gasteiger partial charge in [0.2, 0.25) is 0 Å². The molecule has 0 aromatic rings. The molecule has 6 nitrogen and oxygen atoms in total. The van der Waals surface area contributed by atoms with Gasteiger partial charge in [0.05, 0.1) is 12.2 Å². The van der Waals surface area contributed by atoms with Gasteiger partial charge in [0.15, 0.2) is 5.79 Å². The molecule has 2 aliphatic heterocycles. The van der Waals surface area contributed by atoms with Gasteiger partial charge in [0, 0.05) is 26.7 Å². The van der Waals surface area contributed by atoms with Crippen molar-refractivity contribution in [2.24, 2.45) is 0 Å². The van der Waals surface area contributed by atoms with Crippen molar-refractivity contribution in [3.05, 3.63) is 0 Å². The molecular formula is C15H24O6. The third-order valence-corrected chi connectivity index (χ3v) is 3.88. The molecule has 0 N–H and O–H groups in total. The zero-order chi connectivity index (χ0) is 15.3. The summed E-state index contributed by atoms with van der Waals surface area (Å²) in [5.74, 6) is -1.20. The van der Waals surface area contributed by atoms with E-state index in [4.69, 9.17) is 18.9 Å². The van der Waals surface area contributed by atoms with Gasteiger partial charge in [-0.1, -0.05) is 0 Å². The van der Waals surface area contributed by atoms with Gasteiger partial charge in [-0.2, -0.15) is 0 Å². The Hall–Kier alpha value is -1.14. The summed E-state index contributed by atoms with van der Waals surface area (Å²) < 4.78 is 22.2. The van der Waals surface area contributed by atoms with Crippen molar-refractivity contribution >= 4 is 11.9 Å². The van der Waals surface area contributed by atoms with E-state index in [-0.39, 0.29) is 37.4 Å². The number of ether oxygens (including phenoxy) is 4. The van der Waals surface area contributed by atoms with Gasteiger partial charge in [-0.05, 0) is 25.7 Å². The standard InChI is InChI=1S/C15H24O6/c1-11(16)18-9-13-5-3-7-15(20-13)8-4-6-14(21-15)10-19-12(2)17/h13-14H,3-10H2,1-2H3/t13-,14-,15?/m0/s1. The van der Waals surface area contributed by atoms with Gasteiger partial charge in [-0.25, -0.2) is 0 Å². The summed E-state index contributed by atoms with van der Waals surface area (Å²) in [4.78, 5) is 21.8. The highest BCUT2D eigenvalue weighted by Gasteiger charge is 2.42. The van der Waals surface area contributed by atoms with Crippen LogP contribution in [0.25, 0.3) is 0 Å². The molecule has 2 atom stereocenters. The average molecular weight is 300 g/mol. The number of hydrogen-bond donors (Lipinski definition) is 0. The summed E-state index contributed by atoms with van der Waals surface area (Å²) in [5.41, 5.74) is 0. The number of carbonyl (C=O) groups is 2. The second-order valence-corrected chi connectivity index (χ2v) is 5.78. The zero-order valence-electron chi connectivity index (χ0n) is 12.8. The SMILES string of the molecule is CC(=O)OC[C@@H]1CCCC2(CCC[C@@H](COC(C)=O)O2)O1. The van der Waals surface area contributed by atoms with Gasteiger partial charge in [-0.3, -0.25) is 9.59 Å². The van der Waals surface area contributed by atoms with E-state index in [1.54, 1.807) is 0 Å². The third kappa shape index (κ3) is 4.97. The van der Waals surface area contributed by atoms with Crippen LogP contribution >= 0.6 is 0 Å². The monoisotopic (exact) mass is 300 g/mol. The second-order valence-electron chi connectivity index (χ2n) is 5.78. The van der Waals surface area contributed by atoms with E-state index in [1.807, 2.05) is 0 Å². The topological polar surface area (TPSA) is 71.1 Å². The maximum Gasteiger partial charge on any atom is 0.302 e. The Kier molecular flexibility index (Phi) is 5.58. The quantitative estimate of drug-likeness (QED) is 0.739. The summed E-state index contributed by atoms with van der Waals surface area (Å²) in [6.45, 7) is 3.33. The molecule has 0 saturated carbocycles. The molecule has 0 aliphatic carbocycles. The Morgan fingerprint density at radius 3 is 1.76 bits per heavy atom. The van der Waals surface area contributed by atoms with E-state index in [1.165, 1.54) is 13.8 Å². The van der Waals surface area contributed by atoms with Gasteiger partial charge >= 0.3 is 11.9 Å². The molecule has 1 spiro atoms. The van der Waals surface area contributed by atoms with Crippen LogP contribution in [0.15, 0.2) is 0 Å². The van der Waals surface area contributed by atoms with Crippen LogP contribution in [0.2, 0.25) is 0 Å². The largest absolute Gasteiger partial charge is 0.463 e. The lowest BCUT2D eigenvalue weighted by atomic mass is 9.93. The van der Waals surface area contributed by atoms with Gasteiger partial charge in [-0.15, -0.1) is 0 Å². The van der Waals surface area contributed by atoms with Crippen LogP contribution in [-0.4, -0.2) is 43.1 Å². The predicted octanol–water partition coefficient (Wildman–Crippen LogP) is 1.95. The van der Waals surface area contributed by atoms with Crippen LogP contribution in [0.4, 0.5) is 0 Å². The van der Waals surface area contributed by atoms with E-state index >= 15 is 0 Å². The summed E-state index contributed by atoms with van der Waals surface area (Å²) in [6, 6.07) is 0. The Labute approximate surface area is 125 Å². The molecule has 0 bridgehead atoms. The maximum absolute atomic E-state index is 10.9. The highest BCUT2D eigenvalue weighted by atomic mass is 16.7. The van der Waals surface area contributed by atoms with Crippen LogP contribution < -0.4 is 0 Å². The fourth-order valence-electron chi connectivity index (χ4n) is 2.97. The molecule has 6 heteroatoms. The van der Waals surface area contributed by atoms with Crippen molar-refractivity contribution in [1.29, 1.82) is 0 Å². The van der Waals surface area contributed by atoms with Crippen molar-refractivity contribution in [2.45, 2.75) is 70.4 Å². The minimum absolute atomic E-state index is 0.116. The lowest BCUT2D eigenvalue weighted by Crippen LogP contribution is -2.50. The smallest absolute Gasteiger partial charge is 0.302 e. The first-order valence-electron chi connectivity index (χ1n) is 7.61. The van der Waals surface area contributed by atoms with Crippen molar-refractivity contribution in [1.82, 2.24) is 0 Å². The summed E-state index contributed by atoms with van der Waals surface area (Å²) in [7, 11) is 0. The molecule has 2 fully saturated rings. The van der Waals surface area contributed by atoms with Gasteiger partial charge < -0.3 is 18.9 Å². The van der Waals surface area contributed by atoms with Crippen molar-refractivity contribution in [2.75, 3.05) is 13.2 Å². The van der Waals surface area contributed by atoms with Crippen LogP contribution in [0.1, 0.15) is 52.4 Å². The van der Waals surface area contributed by atoms with Crippen molar-refractivity contribution in [3.63, 3.8) is 0 Å². The van der Waals surface area contributed by atoms with E-state index in [0.29, 0.717) is 0 Å². The van der Waals surface area contributed by atoms with E-state index in [0.717, 1.165) is 38.5 Å². The predicted molar refractivity (Wildman–Crippen MR) is 73.4 cm³/mol. The number of carbonyl (C=O) groups excluding carboxylic acids is 2. The molecule has 0 amide bonds. The zero-order valence-corrected chi connectivity index (χ0v) is 12.8. The fraction of sp³-hybridized carbons (Fsp3) is 0.867. The Morgan fingerprint density at radius 2 is 1.38 bits per heavy atom. The molecule has 2 saturated heterocycles. The van der Waals surface area contributed by atoms with Crippen molar-refractivity contribution < 1.29 is 28.5 Å². The minimum atomic E-state index is -0.605. The minimum Gasteiger partial charge on any atom is -0.463 e.